The fraction of sp³-hybridized carbons (Fsp3) is 0.118. The van der Waals surface area contributed by atoms with E-state index in [9.17, 15) is 4.79 Å². The number of H-pyrrole nitrogens is 1. The van der Waals surface area contributed by atoms with Crippen molar-refractivity contribution in [3.63, 3.8) is 0 Å². The largest absolute Gasteiger partial charge is 0.337 e. The highest BCUT2D eigenvalue weighted by Crippen LogP contribution is 2.16. The number of rotatable bonds is 4. The van der Waals surface area contributed by atoms with Crippen LogP contribution in [0.1, 0.15) is 16.5 Å². The number of nitrogens with one attached hydrogen (secondary N) is 1. The van der Waals surface area contributed by atoms with E-state index in [0.29, 0.717) is 11.7 Å². The zero-order valence-corrected chi connectivity index (χ0v) is 13.4. The molecule has 0 unspecified atom stereocenters. The number of hydrogen-bond donors (Lipinski definition) is 1. The molecule has 0 aliphatic heterocycles. The van der Waals surface area contributed by atoms with Gasteiger partial charge in [-0.05, 0) is 24.3 Å². The first kappa shape index (κ1) is 15.0. The molecule has 3 heterocycles. The molecule has 1 aromatic carbocycles. The second-order valence-electron chi connectivity index (χ2n) is 5.51. The Bertz CT molecular complexity index is 991. The smallest absolute Gasteiger partial charge is 0.289 e. The van der Waals surface area contributed by atoms with Gasteiger partial charge in [-0.3, -0.25) is 9.78 Å². The van der Waals surface area contributed by atoms with Crippen molar-refractivity contribution in [1.82, 2.24) is 30.0 Å². The number of amides is 1. The molecule has 0 saturated carbocycles. The second kappa shape index (κ2) is 6.16. The zero-order chi connectivity index (χ0) is 17.2. The number of nitrogens with zero attached hydrogens (tertiary/aromatic N) is 5. The van der Waals surface area contributed by atoms with E-state index in [2.05, 4.69) is 25.1 Å². The van der Waals surface area contributed by atoms with Crippen LogP contribution in [-0.4, -0.2) is 42.9 Å². The summed E-state index contributed by atoms with van der Waals surface area (Å²) in [6.45, 7) is 0.188. The molecule has 0 saturated heterocycles. The van der Waals surface area contributed by atoms with Gasteiger partial charge in [0.1, 0.15) is 6.54 Å². The molecule has 0 bridgehead atoms. The molecule has 4 rings (SSSR count). The van der Waals surface area contributed by atoms with Gasteiger partial charge in [-0.25, -0.2) is 4.98 Å². The molecular formula is C17H14N6O2. The number of para-hydroxylation sites is 2. The molecule has 0 fully saturated rings. The highest BCUT2D eigenvalue weighted by molar-refractivity contribution is 5.93. The molecule has 124 valence electrons. The van der Waals surface area contributed by atoms with Crippen molar-refractivity contribution in [3.8, 4) is 11.4 Å². The lowest BCUT2D eigenvalue weighted by Gasteiger charge is -2.12. The minimum atomic E-state index is -0.250. The molecule has 4 aromatic rings. The van der Waals surface area contributed by atoms with Crippen molar-refractivity contribution in [1.29, 1.82) is 0 Å². The average Bonchev–Trinajstić information content (AvgIpc) is 3.28. The van der Waals surface area contributed by atoms with Crippen LogP contribution in [0.4, 0.5) is 0 Å². The van der Waals surface area contributed by atoms with E-state index >= 15 is 0 Å². The SMILES string of the molecule is CN(Cc1nc(-c2ccncc2)no1)C(=O)c1nc2ccccc2[nH]1. The maximum Gasteiger partial charge on any atom is 0.289 e. The third-order valence-electron chi connectivity index (χ3n) is 3.72. The number of carbonyl (C=O) groups is 1. The van der Waals surface area contributed by atoms with Crippen molar-refractivity contribution < 1.29 is 9.32 Å². The van der Waals surface area contributed by atoms with Crippen LogP contribution < -0.4 is 0 Å². The molecular weight excluding hydrogens is 320 g/mol. The lowest BCUT2D eigenvalue weighted by molar-refractivity contribution is 0.0759. The Kier molecular flexibility index (Phi) is 3.70. The Morgan fingerprint density at radius 3 is 2.76 bits per heavy atom. The van der Waals surface area contributed by atoms with Gasteiger partial charge in [-0.2, -0.15) is 4.98 Å². The Hall–Kier alpha value is -3.55. The summed E-state index contributed by atoms with van der Waals surface area (Å²) in [4.78, 5) is 29.6. The first-order valence-electron chi connectivity index (χ1n) is 7.64. The molecule has 25 heavy (non-hydrogen) atoms. The van der Waals surface area contributed by atoms with E-state index in [-0.39, 0.29) is 18.3 Å². The average molecular weight is 334 g/mol. The monoisotopic (exact) mass is 334 g/mol. The van der Waals surface area contributed by atoms with Crippen molar-refractivity contribution >= 4 is 16.9 Å². The van der Waals surface area contributed by atoms with Crippen molar-refractivity contribution in [3.05, 3.63) is 60.5 Å². The summed E-state index contributed by atoms with van der Waals surface area (Å²) >= 11 is 0. The molecule has 0 spiro atoms. The van der Waals surface area contributed by atoms with Crippen LogP contribution >= 0.6 is 0 Å². The molecule has 1 amide bonds. The van der Waals surface area contributed by atoms with Gasteiger partial charge in [0.15, 0.2) is 5.82 Å². The summed E-state index contributed by atoms with van der Waals surface area (Å²) in [5.41, 5.74) is 2.37. The number of fused-ring (bicyclic) bond motifs is 1. The van der Waals surface area contributed by atoms with Gasteiger partial charge < -0.3 is 14.4 Å². The van der Waals surface area contributed by atoms with Crippen LogP contribution in [-0.2, 0) is 6.54 Å². The fourth-order valence-electron chi connectivity index (χ4n) is 2.45. The van der Waals surface area contributed by atoms with Crippen molar-refractivity contribution in [2.24, 2.45) is 0 Å². The summed E-state index contributed by atoms with van der Waals surface area (Å²) < 4.78 is 5.23. The van der Waals surface area contributed by atoms with E-state index in [1.54, 1.807) is 31.6 Å². The predicted octanol–water partition coefficient (Wildman–Crippen LogP) is 2.28. The normalized spacial score (nSPS) is 10.9. The Balaban J connectivity index is 1.50. The maximum atomic E-state index is 12.5. The highest BCUT2D eigenvalue weighted by atomic mass is 16.5. The number of carbonyl (C=O) groups excluding carboxylic acids is 1. The minimum Gasteiger partial charge on any atom is -0.337 e. The summed E-state index contributed by atoms with van der Waals surface area (Å²) in [7, 11) is 1.66. The van der Waals surface area contributed by atoms with Gasteiger partial charge in [-0.15, -0.1) is 0 Å². The Labute approximate surface area is 142 Å². The molecule has 0 aliphatic carbocycles. The van der Waals surface area contributed by atoms with Crippen LogP contribution in [0.3, 0.4) is 0 Å². The summed E-state index contributed by atoms with van der Waals surface area (Å²) in [6, 6.07) is 11.1. The van der Waals surface area contributed by atoms with Crippen LogP contribution in [0.15, 0.2) is 53.3 Å². The molecule has 0 radical (unpaired) electrons. The van der Waals surface area contributed by atoms with Gasteiger partial charge in [-0.1, -0.05) is 17.3 Å². The van der Waals surface area contributed by atoms with Gasteiger partial charge >= 0.3 is 0 Å². The van der Waals surface area contributed by atoms with Crippen LogP contribution in [0.2, 0.25) is 0 Å². The number of pyridine rings is 1. The Morgan fingerprint density at radius 2 is 1.96 bits per heavy atom. The summed E-state index contributed by atoms with van der Waals surface area (Å²) in [5, 5.41) is 3.93. The zero-order valence-electron chi connectivity index (χ0n) is 13.4. The van der Waals surface area contributed by atoms with E-state index in [1.807, 2.05) is 24.3 Å². The predicted molar refractivity (Wildman–Crippen MR) is 89.4 cm³/mol. The van der Waals surface area contributed by atoms with Crippen LogP contribution in [0, 0.1) is 0 Å². The van der Waals surface area contributed by atoms with Gasteiger partial charge in [0, 0.05) is 25.0 Å². The van der Waals surface area contributed by atoms with Crippen molar-refractivity contribution in [2.45, 2.75) is 6.54 Å². The number of benzene rings is 1. The number of hydrogen-bond acceptors (Lipinski definition) is 6. The molecule has 1 N–H and O–H groups in total. The van der Waals surface area contributed by atoms with E-state index in [4.69, 9.17) is 4.52 Å². The first-order valence-corrected chi connectivity index (χ1v) is 7.64. The number of imidazole rings is 1. The minimum absolute atomic E-state index is 0.188. The molecule has 8 nitrogen and oxygen atoms in total. The lowest BCUT2D eigenvalue weighted by atomic mass is 10.2. The standard InChI is InChI=1S/C17H14N6O2/c1-23(17(24)16-19-12-4-2-3-5-13(12)20-16)10-14-21-15(22-25-14)11-6-8-18-9-7-11/h2-9H,10H2,1H3,(H,19,20). The molecule has 0 atom stereocenters. The van der Waals surface area contributed by atoms with Crippen molar-refractivity contribution in [2.75, 3.05) is 7.05 Å². The Morgan fingerprint density at radius 1 is 1.16 bits per heavy atom. The topological polar surface area (TPSA) is 101 Å². The fourth-order valence-corrected chi connectivity index (χ4v) is 2.45. The van der Waals surface area contributed by atoms with Gasteiger partial charge in [0.05, 0.1) is 11.0 Å². The third kappa shape index (κ3) is 2.97. The molecule has 8 heteroatoms. The first-order chi connectivity index (χ1) is 12.2. The lowest BCUT2D eigenvalue weighted by Crippen LogP contribution is -2.27. The van der Waals surface area contributed by atoms with Crippen LogP contribution in [0.25, 0.3) is 22.4 Å². The van der Waals surface area contributed by atoms with E-state index in [1.165, 1.54) is 4.90 Å². The third-order valence-corrected chi connectivity index (χ3v) is 3.72. The number of aromatic amines is 1. The highest BCUT2D eigenvalue weighted by Gasteiger charge is 2.19. The summed E-state index contributed by atoms with van der Waals surface area (Å²) in [6.07, 6.45) is 3.31. The second-order valence-corrected chi connectivity index (χ2v) is 5.51. The number of aromatic nitrogens is 5. The van der Waals surface area contributed by atoms with Crippen LogP contribution in [0.5, 0.6) is 0 Å². The quantitative estimate of drug-likeness (QED) is 0.614. The molecule has 0 aliphatic rings. The summed E-state index contributed by atoms with van der Waals surface area (Å²) in [5.74, 6) is 0.832. The van der Waals surface area contributed by atoms with Gasteiger partial charge in [0.25, 0.3) is 5.91 Å². The van der Waals surface area contributed by atoms with E-state index in [0.717, 1.165) is 16.6 Å². The maximum absolute atomic E-state index is 12.5. The van der Waals surface area contributed by atoms with E-state index < -0.39 is 0 Å². The molecule has 3 aromatic heterocycles. The van der Waals surface area contributed by atoms with Gasteiger partial charge in [0.2, 0.25) is 11.7 Å².